The van der Waals surface area contributed by atoms with Crippen LogP contribution in [-0.2, 0) is 4.74 Å². The van der Waals surface area contributed by atoms with Crippen LogP contribution in [0.4, 0.5) is 52.7 Å². The second kappa shape index (κ2) is 8.83. The lowest BCUT2D eigenvalue weighted by Gasteiger charge is -2.50. The van der Waals surface area contributed by atoms with Gasteiger partial charge in [0.1, 0.15) is 0 Å². The van der Waals surface area contributed by atoms with Gasteiger partial charge in [-0.1, -0.05) is 6.58 Å². The minimum atomic E-state index is -6.54. The highest BCUT2D eigenvalue weighted by Crippen LogP contribution is 2.61. The first-order valence-corrected chi connectivity index (χ1v) is 8.66. The highest BCUT2D eigenvalue weighted by Gasteiger charge is 2.78. The summed E-state index contributed by atoms with van der Waals surface area (Å²) in [5.74, 6) is -6.43. The van der Waals surface area contributed by atoms with Crippen LogP contribution in [-0.4, -0.2) is 64.6 Å². The molecule has 0 bridgehead atoms. The Balaban J connectivity index is 3.72. The van der Waals surface area contributed by atoms with Crippen LogP contribution in [0.15, 0.2) is 12.7 Å². The van der Waals surface area contributed by atoms with E-state index in [0.717, 1.165) is 0 Å². The van der Waals surface area contributed by atoms with E-state index in [4.69, 9.17) is 5.11 Å². The molecule has 16 heteroatoms. The summed E-state index contributed by atoms with van der Waals surface area (Å²) < 4.78 is 165. The Morgan fingerprint density at radius 2 is 1.19 bits per heavy atom. The Bertz CT molecular complexity index is 623. The van der Waals surface area contributed by atoms with E-state index in [1.54, 1.807) is 0 Å². The molecule has 0 aromatic rings. The van der Waals surface area contributed by atoms with Crippen LogP contribution in [0.1, 0.15) is 19.3 Å². The van der Waals surface area contributed by atoms with E-state index in [1.807, 2.05) is 0 Å². The smallest absolute Gasteiger partial charge is 0.395 e. The molecule has 3 N–H and O–H groups in total. The Morgan fingerprint density at radius 3 is 1.50 bits per heavy atom. The minimum absolute atomic E-state index is 0.519. The quantitative estimate of drug-likeness (QED) is 0.289. The summed E-state index contributed by atoms with van der Waals surface area (Å²) in [5.41, 5.74) is -10.8. The zero-order valence-corrected chi connectivity index (χ0v) is 15.7. The van der Waals surface area contributed by atoms with Crippen molar-refractivity contribution in [3.05, 3.63) is 12.7 Å². The second-order valence-electron chi connectivity index (χ2n) is 7.37. The monoisotopic (exact) mass is 502 g/mol. The summed E-state index contributed by atoms with van der Waals surface area (Å²) in [4.78, 5) is 0. The third-order valence-electron chi connectivity index (χ3n) is 5.61. The molecule has 190 valence electrons. The first-order valence-electron chi connectivity index (χ1n) is 8.66. The normalized spacial score (nSPS) is 25.5. The van der Waals surface area contributed by atoms with Crippen molar-refractivity contribution in [3.63, 3.8) is 0 Å². The van der Waals surface area contributed by atoms with Crippen molar-refractivity contribution < 1.29 is 72.7 Å². The molecule has 1 saturated carbocycles. The van der Waals surface area contributed by atoms with Gasteiger partial charge in [0.25, 0.3) is 5.60 Å². The summed E-state index contributed by atoms with van der Waals surface area (Å²) in [6.07, 6.45) is -34.7. The van der Waals surface area contributed by atoms with Crippen LogP contribution in [0.3, 0.4) is 0 Å². The first-order chi connectivity index (χ1) is 14.1. The predicted octanol–water partition coefficient (Wildman–Crippen LogP) is 4.25. The number of aliphatic hydroxyl groups is 3. The van der Waals surface area contributed by atoms with E-state index in [1.165, 1.54) is 0 Å². The third-order valence-corrected chi connectivity index (χ3v) is 5.61. The number of halogens is 12. The fraction of sp³-hybridized carbons (Fsp3) is 0.875. The molecule has 1 aliphatic carbocycles. The van der Waals surface area contributed by atoms with Gasteiger partial charge in [-0.15, -0.1) is 0 Å². The molecule has 1 rings (SSSR count). The van der Waals surface area contributed by atoms with Crippen molar-refractivity contribution in [2.75, 3.05) is 6.61 Å². The Hall–Kier alpha value is -1.26. The van der Waals surface area contributed by atoms with Crippen molar-refractivity contribution in [1.29, 1.82) is 0 Å². The zero-order valence-electron chi connectivity index (χ0n) is 15.7. The molecule has 0 radical (unpaired) electrons. The number of aliphatic hydroxyl groups excluding tert-OH is 2. The summed E-state index contributed by atoms with van der Waals surface area (Å²) in [6.45, 7) is 0.205. The Morgan fingerprint density at radius 1 is 0.781 bits per heavy atom. The Labute approximate surface area is 172 Å². The number of hydrogen-bond donors (Lipinski definition) is 3. The Kier molecular flexibility index (Phi) is 7.94. The molecular weight excluding hydrogens is 484 g/mol. The largest absolute Gasteiger partial charge is 0.426 e. The van der Waals surface area contributed by atoms with E-state index < -0.39 is 85.8 Å². The van der Waals surface area contributed by atoms with Gasteiger partial charge >= 0.3 is 24.7 Å². The van der Waals surface area contributed by atoms with Crippen molar-refractivity contribution in [3.8, 4) is 0 Å². The lowest BCUT2D eigenvalue weighted by molar-refractivity contribution is -0.400. The van der Waals surface area contributed by atoms with Gasteiger partial charge in [-0.2, -0.15) is 52.7 Å². The molecule has 0 heterocycles. The third kappa shape index (κ3) is 4.82. The fourth-order valence-electron chi connectivity index (χ4n) is 3.93. The van der Waals surface area contributed by atoms with Crippen LogP contribution in [0.2, 0.25) is 0 Å². The summed E-state index contributed by atoms with van der Waals surface area (Å²) in [7, 11) is 0. The second-order valence-corrected chi connectivity index (χ2v) is 7.37. The van der Waals surface area contributed by atoms with E-state index in [9.17, 15) is 62.9 Å². The van der Waals surface area contributed by atoms with Crippen molar-refractivity contribution in [1.82, 2.24) is 0 Å². The SMILES string of the molecule is C=CC(O)OC1CC(C(O)(C(F)(F)F)C(F)(F)F)CC(C(CO)(C(F)(F)F)C(F)(F)F)C1. The lowest BCUT2D eigenvalue weighted by Crippen LogP contribution is -2.65. The van der Waals surface area contributed by atoms with Gasteiger partial charge in [-0.3, -0.25) is 0 Å². The average molecular weight is 502 g/mol. The van der Waals surface area contributed by atoms with Crippen molar-refractivity contribution in [2.24, 2.45) is 17.3 Å². The van der Waals surface area contributed by atoms with Crippen LogP contribution in [0, 0.1) is 17.3 Å². The first kappa shape index (κ1) is 28.8. The molecule has 0 amide bonds. The van der Waals surface area contributed by atoms with Crippen LogP contribution in [0.25, 0.3) is 0 Å². The fourth-order valence-corrected chi connectivity index (χ4v) is 3.93. The average Bonchev–Trinajstić information content (AvgIpc) is 2.57. The van der Waals surface area contributed by atoms with Gasteiger partial charge in [-0.25, -0.2) is 0 Å². The van der Waals surface area contributed by atoms with Gasteiger partial charge in [0.05, 0.1) is 12.7 Å². The maximum Gasteiger partial charge on any atom is 0.426 e. The molecule has 0 aromatic carbocycles. The van der Waals surface area contributed by atoms with Crippen LogP contribution in [0.5, 0.6) is 0 Å². The van der Waals surface area contributed by atoms with Crippen molar-refractivity contribution in [2.45, 2.75) is 62.0 Å². The molecule has 4 unspecified atom stereocenters. The lowest BCUT2D eigenvalue weighted by atomic mass is 9.61. The minimum Gasteiger partial charge on any atom is -0.395 e. The van der Waals surface area contributed by atoms with Crippen LogP contribution >= 0.6 is 0 Å². The summed E-state index contributed by atoms with van der Waals surface area (Å²) >= 11 is 0. The number of hydrogen-bond acceptors (Lipinski definition) is 4. The molecule has 0 aromatic heterocycles. The van der Waals surface area contributed by atoms with Crippen LogP contribution < -0.4 is 0 Å². The molecule has 32 heavy (non-hydrogen) atoms. The van der Waals surface area contributed by atoms with Gasteiger partial charge in [0.2, 0.25) is 0 Å². The number of alkyl halides is 12. The highest BCUT2D eigenvalue weighted by molar-refractivity contribution is 5.07. The molecule has 0 spiro atoms. The maximum atomic E-state index is 13.5. The maximum absolute atomic E-state index is 13.5. The number of rotatable bonds is 6. The standard InChI is InChI=1S/C16H18F12O4/c1-2-10(30)32-9-4-7(11(6-29,13(17,18)19)14(20,21)22)3-8(5-9)12(31,15(23,24)25)16(26,27)28/h2,7-10,29-31H,1,3-6H2. The zero-order chi connectivity index (χ0) is 25.6. The van der Waals surface area contributed by atoms with E-state index in [-0.39, 0.29) is 0 Å². The van der Waals surface area contributed by atoms with Gasteiger partial charge in [0, 0.05) is 5.92 Å². The van der Waals surface area contributed by atoms with Crippen molar-refractivity contribution >= 4 is 0 Å². The molecule has 1 aliphatic rings. The predicted molar refractivity (Wildman–Crippen MR) is 80.6 cm³/mol. The van der Waals surface area contributed by atoms with E-state index in [2.05, 4.69) is 11.3 Å². The summed E-state index contributed by atoms with van der Waals surface area (Å²) in [6, 6.07) is 0. The molecule has 1 fully saturated rings. The van der Waals surface area contributed by atoms with E-state index >= 15 is 0 Å². The number of ether oxygens (including phenoxy) is 1. The molecule has 4 nitrogen and oxygen atoms in total. The van der Waals surface area contributed by atoms with Gasteiger partial charge < -0.3 is 20.1 Å². The van der Waals surface area contributed by atoms with Gasteiger partial charge in [-0.05, 0) is 31.3 Å². The van der Waals surface area contributed by atoms with E-state index in [0.29, 0.717) is 6.08 Å². The highest BCUT2D eigenvalue weighted by atomic mass is 19.4. The summed E-state index contributed by atoms with van der Waals surface area (Å²) in [5, 5.41) is 28.0. The molecule has 0 saturated heterocycles. The molecule has 4 atom stereocenters. The molecular formula is C16H18F12O4. The molecule has 0 aliphatic heterocycles. The van der Waals surface area contributed by atoms with Gasteiger partial charge in [0.15, 0.2) is 11.7 Å². The topological polar surface area (TPSA) is 69.9 Å².